The first-order valence-corrected chi connectivity index (χ1v) is 5.45. The summed E-state index contributed by atoms with van der Waals surface area (Å²) in [5.41, 5.74) is 7.48. The SMILES string of the molecule is Cc1cnc(N)n1Cc1csc([N+](=O)[O-])c1. The summed E-state index contributed by atoms with van der Waals surface area (Å²) in [6.07, 6.45) is 1.68. The third-order valence-electron chi connectivity index (χ3n) is 2.25. The standard InChI is InChI=1S/C9H10N4O2S/c1-6-3-11-9(10)12(6)4-7-2-8(13(14)15)16-5-7/h2-3,5H,4H2,1H3,(H2,10,11). The van der Waals surface area contributed by atoms with Crippen LogP contribution in [0.3, 0.4) is 0 Å². The Balaban J connectivity index is 2.24. The molecule has 0 fully saturated rings. The lowest BCUT2D eigenvalue weighted by Crippen LogP contribution is -2.05. The molecule has 0 radical (unpaired) electrons. The van der Waals surface area contributed by atoms with E-state index in [1.54, 1.807) is 17.6 Å². The molecule has 2 heterocycles. The zero-order valence-electron chi connectivity index (χ0n) is 8.58. The maximum absolute atomic E-state index is 10.5. The zero-order chi connectivity index (χ0) is 11.7. The molecule has 2 N–H and O–H groups in total. The van der Waals surface area contributed by atoms with E-state index in [0.29, 0.717) is 12.5 Å². The summed E-state index contributed by atoms with van der Waals surface area (Å²) in [6.45, 7) is 2.41. The van der Waals surface area contributed by atoms with Crippen LogP contribution in [0.15, 0.2) is 17.6 Å². The zero-order valence-corrected chi connectivity index (χ0v) is 9.40. The lowest BCUT2D eigenvalue weighted by Gasteiger charge is -2.04. The summed E-state index contributed by atoms with van der Waals surface area (Å²) in [5.74, 6) is 0.423. The first-order valence-electron chi connectivity index (χ1n) is 4.57. The minimum absolute atomic E-state index is 0.145. The Labute approximate surface area is 95.5 Å². The number of imidazole rings is 1. The number of hydrogen-bond donors (Lipinski definition) is 1. The van der Waals surface area contributed by atoms with Crippen LogP contribution >= 0.6 is 11.3 Å². The highest BCUT2D eigenvalue weighted by atomic mass is 32.1. The van der Waals surface area contributed by atoms with Gasteiger partial charge in [-0.25, -0.2) is 4.98 Å². The van der Waals surface area contributed by atoms with Crippen LogP contribution in [0.4, 0.5) is 10.9 Å². The molecule has 0 spiro atoms. The van der Waals surface area contributed by atoms with Crippen molar-refractivity contribution in [1.82, 2.24) is 9.55 Å². The molecule has 0 saturated heterocycles. The van der Waals surface area contributed by atoms with Gasteiger partial charge >= 0.3 is 5.00 Å². The Kier molecular flexibility index (Phi) is 2.61. The van der Waals surface area contributed by atoms with Gasteiger partial charge in [0, 0.05) is 17.1 Å². The molecule has 0 aliphatic carbocycles. The largest absolute Gasteiger partial charge is 0.369 e. The van der Waals surface area contributed by atoms with E-state index in [0.717, 1.165) is 22.6 Å². The van der Waals surface area contributed by atoms with Gasteiger partial charge in [-0.1, -0.05) is 11.3 Å². The van der Waals surface area contributed by atoms with Gasteiger partial charge in [0.15, 0.2) is 0 Å². The van der Waals surface area contributed by atoms with Crippen molar-refractivity contribution in [2.45, 2.75) is 13.5 Å². The molecule has 0 aliphatic rings. The van der Waals surface area contributed by atoms with E-state index in [1.165, 1.54) is 0 Å². The fourth-order valence-corrected chi connectivity index (χ4v) is 2.13. The van der Waals surface area contributed by atoms with Crippen LogP contribution in [-0.2, 0) is 6.54 Å². The van der Waals surface area contributed by atoms with E-state index < -0.39 is 4.92 Å². The van der Waals surface area contributed by atoms with Crippen LogP contribution in [0.5, 0.6) is 0 Å². The number of nitrogen functional groups attached to an aromatic ring is 1. The fourth-order valence-electron chi connectivity index (χ4n) is 1.41. The predicted molar refractivity (Wildman–Crippen MR) is 61.5 cm³/mol. The quantitative estimate of drug-likeness (QED) is 0.652. The predicted octanol–water partition coefficient (Wildman–Crippen LogP) is 1.79. The van der Waals surface area contributed by atoms with Gasteiger partial charge in [0.25, 0.3) is 0 Å². The monoisotopic (exact) mass is 238 g/mol. The van der Waals surface area contributed by atoms with Crippen LogP contribution in [0, 0.1) is 17.0 Å². The Morgan fingerprint density at radius 3 is 2.94 bits per heavy atom. The van der Waals surface area contributed by atoms with Gasteiger partial charge in [0.05, 0.1) is 17.7 Å². The molecule has 0 amide bonds. The minimum atomic E-state index is -0.391. The molecule has 0 atom stereocenters. The lowest BCUT2D eigenvalue weighted by molar-refractivity contribution is -0.380. The van der Waals surface area contributed by atoms with Crippen molar-refractivity contribution in [1.29, 1.82) is 0 Å². The number of aromatic nitrogens is 2. The topological polar surface area (TPSA) is 87.0 Å². The average molecular weight is 238 g/mol. The number of aryl methyl sites for hydroxylation is 1. The van der Waals surface area contributed by atoms with E-state index in [-0.39, 0.29) is 5.00 Å². The second-order valence-electron chi connectivity index (χ2n) is 3.39. The molecule has 16 heavy (non-hydrogen) atoms. The molecule has 2 rings (SSSR count). The summed E-state index contributed by atoms with van der Waals surface area (Å²) < 4.78 is 1.81. The van der Waals surface area contributed by atoms with E-state index in [2.05, 4.69) is 4.98 Å². The molecule has 84 valence electrons. The summed E-state index contributed by atoms with van der Waals surface area (Å²) >= 11 is 1.12. The number of nitro groups is 1. The maximum Gasteiger partial charge on any atom is 0.324 e. The molecular weight excluding hydrogens is 228 g/mol. The number of nitrogens with zero attached hydrogens (tertiary/aromatic N) is 3. The summed E-state index contributed by atoms with van der Waals surface area (Å²) in [4.78, 5) is 14.1. The molecule has 6 nitrogen and oxygen atoms in total. The third-order valence-corrected chi connectivity index (χ3v) is 3.18. The Morgan fingerprint density at radius 2 is 2.44 bits per heavy atom. The Bertz CT molecular complexity index is 512. The van der Waals surface area contributed by atoms with Crippen molar-refractivity contribution in [2.75, 3.05) is 5.73 Å². The van der Waals surface area contributed by atoms with Crippen molar-refractivity contribution in [3.05, 3.63) is 39.0 Å². The van der Waals surface area contributed by atoms with Gasteiger partial charge in [0.1, 0.15) is 0 Å². The highest BCUT2D eigenvalue weighted by Crippen LogP contribution is 2.24. The lowest BCUT2D eigenvalue weighted by atomic mass is 10.3. The van der Waals surface area contributed by atoms with E-state index in [1.807, 2.05) is 11.5 Å². The third kappa shape index (κ3) is 1.89. The van der Waals surface area contributed by atoms with Gasteiger partial charge < -0.3 is 10.3 Å². The van der Waals surface area contributed by atoms with Gasteiger partial charge in [-0.2, -0.15) is 0 Å². The summed E-state index contributed by atoms with van der Waals surface area (Å²) in [6, 6.07) is 1.56. The van der Waals surface area contributed by atoms with Crippen molar-refractivity contribution < 1.29 is 4.92 Å². The van der Waals surface area contributed by atoms with Crippen molar-refractivity contribution in [3.8, 4) is 0 Å². The summed E-state index contributed by atoms with van der Waals surface area (Å²) in [7, 11) is 0. The van der Waals surface area contributed by atoms with Crippen molar-refractivity contribution >= 4 is 22.3 Å². The van der Waals surface area contributed by atoms with E-state index in [9.17, 15) is 10.1 Å². The Hall–Kier alpha value is -1.89. The number of hydrogen-bond acceptors (Lipinski definition) is 5. The number of nitrogens with two attached hydrogens (primary N) is 1. The molecular formula is C9H10N4O2S. The number of anilines is 1. The van der Waals surface area contributed by atoms with Crippen LogP contribution in [-0.4, -0.2) is 14.5 Å². The van der Waals surface area contributed by atoms with E-state index >= 15 is 0 Å². The number of thiophene rings is 1. The average Bonchev–Trinajstić information content (AvgIpc) is 2.80. The molecule has 0 saturated carbocycles. The summed E-state index contributed by atoms with van der Waals surface area (Å²) in [5, 5.41) is 12.4. The second kappa shape index (κ2) is 3.93. The first-order chi connectivity index (χ1) is 7.58. The maximum atomic E-state index is 10.5. The molecule has 0 aromatic carbocycles. The molecule has 0 bridgehead atoms. The van der Waals surface area contributed by atoms with Gasteiger partial charge in [-0.05, 0) is 12.5 Å². The second-order valence-corrected chi connectivity index (χ2v) is 4.28. The molecule has 2 aromatic rings. The number of rotatable bonds is 3. The highest BCUT2D eigenvalue weighted by molar-refractivity contribution is 7.13. The van der Waals surface area contributed by atoms with Crippen LogP contribution < -0.4 is 5.73 Å². The van der Waals surface area contributed by atoms with Crippen molar-refractivity contribution in [2.24, 2.45) is 0 Å². The van der Waals surface area contributed by atoms with Gasteiger partial charge in [-0.3, -0.25) is 10.1 Å². The minimum Gasteiger partial charge on any atom is -0.369 e. The molecule has 0 unspecified atom stereocenters. The smallest absolute Gasteiger partial charge is 0.324 e. The Morgan fingerprint density at radius 1 is 1.69 bits per heavy atom. The molecule has 2 aromatic heterocycles. The normalized spacial score (nSPS) is 10.6. The first kappa shape index (κ1) is 10.6. The van der Waals surface area contributed by atoms with Gasteiger partial charge in [0.2, 0.25) is 5.95 Å². The fraction of sp³-hybridized carbons (Fsp3) is 0.222. The van der Waals surface area contributed by atoms with Crippen LogP contribution in [0.1, 0.15) is 11.3 Å². The molecule has 7 heteroatoms. The van der Waals surface area contributed by atoms with Gasteiger partial charge in [-0.15, -0.1) is 0 Å². The van der Waals surface area contributed by atoms with Crippen LogP contribution in [0.25, 0.3) is 0 Å². The van der Waals surface area contributed by atoms with E-state index in [4.69, 9.17) is 5.73 Å². The highest BCUT2D eigenvalue weighted by Gasteiger charge is 2.11. The van der Waals surface area contributed by atoms with Crippen molar-refractivity contribution in [3.63, 3.8) is 0 Å². The molecule has 0 aliphatic heterocycles. The van der Waals surface area contributed by atoms with Crippen LogP contribution in [0.2, 0.25) is 0 Å².